The highest BCUT2D eigenvalue weighted by Crippen LogP contribution is 2.48. The largest absolute Gasteiger partial charge is 0.488 e. The van der Waals surface area contributed by atoms with E-state index in [0.717, 1.165) is 16.7 Å². The molecule has 0 unspecified atom stereocenters. The monoisotopic (exact) mass is 456 g/mol. The zero-order valence-corrected chi connectivity index (χ0v) is 17.9. The van der Waals surface area contributed by atoms with Crippen molar-refractivity contribution in [2.75, 3.05) is 6.79 Å². The Labute approximate surface area is 189 Å². The first-order valence-corrected chi connectivity index (χ1v) is 10.5. The molecule has 0 radical (unpaired) electrons. The first-order chi connectivity index (χ1) is 15.1. The Morgan fingerprint density at radius 2 is 1.87 bits per heavy atom. The van der Waals surface area contributed by atoms with Gasteiger partial charge in [0.1, 0.15) is 24.2 Å². The Bertz CT molecular complexity index is 1130. The third-order valence-corrected chi connectivity index (χ3v) is 5.66. The van der Waals surface area contributed by atoms with Gasteiger partial charge in [-0.25, -0.2) is 0 Å². The van der Waals surface area contributed by atoms with Crippen molar-refractivity contribution in [1.82, 2.24) is 0 Å². The van der Waals surface area contributed by atoms with Crippen LogP contribution in [0.25, 0.3) is 0 Å². The third-order valence-electron chi connectivity index (χ3n) is 5.20. The van der Waals surface area contributed by atoms with E-state index in [1.807, 2.05) is 30.3 Å². The number of carbonyl (C=O) groups excluding carboxylic acids is 1. The van der Waals surface area contributed by atoms with Crippen LogP contribution in [0.2, 0.25) is 10.0 Å². The summed E-state index contributed by atoms with van der Waals surface area (Å²) in [5, 5.41) is 0.993. The number of hydrogen-bond donors (Lipinski definition) is 0. The predicted molar refractivity (Wildman–Crippen MR) is 116 cm³/mol. The standard InChI is InChI=1S/C24H18Cl2O5/c25-16-6-7-20(29-11-14-4-2-1-3-5-14)18(9-16)21(27)24-23(31-24)19-10-17(26)8-15-12-28-13-30-22(15)19/h1-10,23-24H,11-13H2/t23-,24+/m0/s1. The minimum absolute atomic E-state index is 0.152. The van der Waals surface area contributed by atoms with Crippen LogP contribution in [-0.4, -0.2) is 18.7 Å². The summed E-state index contributed by atoms with van der Waals surface area (Å²) in [6, 6.07) is 18.3. The molecule has 1 saturated heterocycles. The summed E-state index contributed by atoms with van der Waals surface area (Å²) < 4.78 is 22.7. The molecular weight excluding hydrogens is 439 g/mol. The first-order valence-electron chi connectivity index (χ1n) is 9.79. The molecule has 2 aliphatic rings. The Hall–Kier alpha value is -2.57. The van der Waals surface area contributed by atoms with Crippen molar-refractivity contribution in [2.24, 2.45) is 0 Å². The van der Waals surface area contributed by atoms with E-state index in [1.165, 1.54) is 0 Å². The van der Waals surface area contributed by atoms with Gasteiger partial charge in [-0.2, -0.15) is 0 Å². The summed E-state index contributed by atoms with van der Waals surface area (Å²) in [7, 11) is 0. The molecular formula is C24H18Cl2O5. The van der Waals surface area contributed by atoms with Gasteiger partial charge in [0.2, 0.25) is 0 Å². The highest BCUT2D eigenvalue weighted by molar-refractivity contribution is 6.31. The predicted octanol–water partition coefficient (Wildman–Crippen LogP) is 5.76. The number of halogens is 2. The molecule has 0 N–H and O–H groups in total. The Balaban J connectivity index is 1.38. The molecule has 0 bridgehead atoms. The van der Waals surface area contributed by atoms with E-state index in [1.54, 1.807) is 30.3 Å². The zero-order valence-electron chi connectivity index (χ0n) is 16.3. The van der Waals surface area contributed by atoms with Crippen LogP contribution in [0.4, 0.5) is 0 Å². The lowest BCUT2D eigenvalue weighted by molar-refractivity contribution is -0.0172. The molecule has 3 aromatic rings. The fourth-order valence-corrected chi connectivity index (χ4v) is 4.10. The molecule has 2 aliphatic heterocycles. The van der Waals surface area contributed by atoms with Crippen LogP contribution in [0.5, 0.6) is 11.5 Å². The number of rotatable bonds is 6. The summed E-state index contributed by atoms with van der Waals surface area (Å²) in [4.78, 5) is 13.3. The SMILES string of the molecule is O=C(c1cc(Cl)ccc1OCc1ccccc1)[C@H]1O[C@H]1c1cc(Cl)cc2c1OCOC2. The smallest absolute Gasteiger partial charge is 0.198 e. The maximum Gasteiger partial charge on any atom is 0.198 e. The van der Waals surface area contributed by atoms with Gasteiger partial charge in [0, 0.05) is 21.2 Å². The van der Waals surface area contributed by atoms with Crippen LogP contribution < -0.4 is 9.47 Å². The van der Waals surface area contributed by atoms with Crippen molar-refractivity contribution in [3.05, 3.63) is 93.0 Å². The molecule has 1 fully saturated rings. The van der Waals surface area contributed by atoms with Gasteiger partial charge in [-0.05, 0) is 35.9 Å². The number of benzene rings is 3. The molecule has 0 saturated carbocycles. The van der Waals surface area contributed by atoms with E-state index in [2.05, 4.69) is 0 Å². The Kier molecular flexibility index (Phi) is 5.59. The topological polar surface area (TPSA) is 57.3 Å². The van der Waals surface area contributed by atoms with E-state index >= 15 is 0 Å². The highest BCUT2D eigenvalue weighted by atomic mass is 35.5. The molecule has 0 aromatic heterocycles. The van der Waals surface area contributed by atoms with Gasteiger partial charge in [-0.1, -0.05) is 53.5 Å². The fourth-order valence-electron chi connectivity index (χ4n) is 3.68. The second-order valence-electron chi connectivity index (χ2n) is 7.35. The lowest BCUT2D eigenvalue weighted by Gasteiger charge is -2.20. The lowest BCUT2D eigenvalue weighted by atomic mass is 9.99. The number of carbonyl (C=O) groups is 1. The average molecular weight is 457 g/mol. The van der Waals surface area contributed by atoms with Crippen LogP contribution in [0, 0.1) is 0 Å². The minimum atomic E-state index is -0.661. The molecule has 158 valence electrons. The molecule has 5 rings (SSSR count). The molecule has 0 aliphatic carbocycles. The maximum atomic E-state index is 13.3. The average Bonchev–Trinajstić information content (AvgIpc) is 3.58. The molecule has 31 heavy (non-hydrogen) atoms. The normalized spacial score (nSPS) is 19.3. The van der Waals surface area contributed by atoms with Gasteiger partial charge in [0.05, 0.1) is 12.2 Å². The molecule has 5 nitrogen and oxygen atoms in total. The summed E-state index contributed by atoms with van der Waals surface area (Å²) in [5.74, 6) is 0.934. The van der Waals surface area contributed by atoms with Crippen molar-refractivity contribution in [1.29, 1.82) is 0 Å². The van der Waals surface area contributed by atoms with E-state index in [4.69, 9.17) is 42.1 Å². The van der Waals surface area contributed by atoms with E-state index in [0.29, 0.717) is 40.3 Å². The molecule has 7 heteroatoms. The van der Waals surface area contributed by atoms with Crippen molar-refractivity contribution >= 4 is 29.0 Å². The van der Waals surface area contributed by atoms with Crippen molar-refractivity contribution in [3.8, 4) is 11.5 Å². The van der Waals surface area contributed by atoms with Crippen molar-refractivity contribution in [3.63, 3.8) is 0 Å². The fraction of sp³-hybridized carbons (Fsp3) is 0.208. The maximum absolute atomic E-state index is 13.3. The van der Waals surface area contributed by atoms with Crippen molar-refractivity contribution < 1.29 is 23.7 Å². The van der Waals surface area contributed by atoms with Gasteiger partial charge < -0.3 is 18.9 Å². The summed E-state index contributed by atoms with van der Waals surface area (Å²) in [6.45, 7) is 0.895. The molecule has 0 spiro atoms. The van der Waals surface area contributed by atoms with E-state index in [9.17, 15) is 4.79 Å². The number of hydrogen-bond acceptors (Lipinski definition) is 5. The third kappa shape index (κ3) is 4.27. The summed E-state index contributed by atoms with van der Waals surface area (Å²) in [6.07, 6.45) is -1.11. The number of fused-ring (bicyclic) bond motifs is 1. The number of ketones is 1. The molecule has 2 atom stereocenters. The van der Waals surface area contributed by atoms with E-state index < -0.39 is 12.2 Å². The van der Waals surface area contributed by atoms with Gasteiger partial charge in [-0.3, -0.25) is 4.79 Å². The van der Waals surface area contributed by atoms with Crippen LogP contribution in [0.3, 0.4) is 0 Å². The number of Topliss-reactive ketones (excluding diaryl/α,β-unsaturated/α-hetero) is 1. The lowest BCUT2D eigenvalue weighted by Crippen LogP contribution is -2.14. The Morgan fingerprint density at radius 1 is 1.03 bits per heavy atom. The van der Waals surface area contributed by atoms with Crippen LogP contribution in [-0.2, 0) is 22.7 Å². The molecule has 0 amide bonds. The van der Waals surface area contributed by atoms with Crippen LogP contribution >= 0.6 is 23.2 Å². The van der Waals surface area contributed by atoms with Crippen LogP contribution in [0.15, 0.2) is 60.7 Å². The van der Waals surface area contributed by atoms with Gasteiger partial charge in [0.25, 0.3) is 0 Å². The van der Waals surface area contributed by atoms with Gasteiger partial charge in [0.15, 0.2) is 18.7 Å². The van der Waals surface area contributed by atoms with Gasteiger partial charge in [-0.15, -0.1) is 0 Å². The number of epoxide rings is 1. The Morgan fingerprint density at radius 3 is 2.71 bits per heavy atom. The summed E-state index contributed by atoms with van der Waals surface area (Å²) >= 11 is 12.4. The zero-order chi connectivity index (χ0) is 21.4. The number of ether oxygens (including phenoxy) is 4. The minimum Gasteiger partial charge on any atom is -0.488 e. The van der Waals surface area contributed by atoms with E-state index in [-0.39, 0.29) is 12.6 Å². The molecule has 3 aromatic carbocycles. The quantitative estimate of drug-likeness (QED) is 0.348. The summed E-state index contributed by atoms with van der Waals surface area (Å²) in [5.41, 5.74) is 2.97. The molecule has 2 heterocycles. The highest BCUT2D eigenvalue weighted by Gasteiger charge is 2.49. The second kappa shape index (κ2) is 8.52. The second-order valence-corrected chi connectivity index (χ2v) is 8.22. The van der Waals surface area contributed by atoms with Gasteiger partial charge >= 0.3 is 0 Å². The van der Waals surface area contributed by atoms with Crippen molar-refractivity contribution in [2.45, 2.75) is 25.4 Å². The first kappa shape index (κ1) is 20.3. The van der Waals surface area contributed by atoms with Crippen LogP contribution in [0.1, 0.15) is 33.2 Å².